The van der Waals surface area contributed by atoms with Crippen LogP contribution in [0.25, 0.3) is 0 Å². The third-order valence-corrected chi connectivity index (χ3v) is 4.72. The first-order valence-corrected chi connectivity index (χ1v) is 10.5. The van der Waals surface area contributed by atoms with Crippen LogP contribution in [0.3, 0.4) is 0 Å². The van der Waals surface area contributed by atoms with Gasteiger partial charge in [0.15, 0.2) is 0 Å². The molecule has 1 heterocycles. The third-order valence-electron chi connectivity index (χ3n) is 4.40. The Morgan fingerprint density at radius 3 is 2.57 bits per heavy atom. The van der Waals surface area contributed by atoms with Crippen LogP contribution in [0.1, 0.15) is 5.56 Å². The lowest BCUT2D eigenvalue weighted by Crippen LogP contribution is -2.13. The van der Waals surface area contributed by atoms with Crippen LogP contribution in [0, 0.1) is 0 Å². The summed E-state index contributed by atoms with van der Waals surface area (Å²) in [6.45, 7) is 3.97. The lowest BCUT2D eigenvalue weighted by molar-refractivity contribution is -0.137. The lowest BCUT2D eigenvalue weighted by atomic mass is 10.2. The van der Waals surface area contributed by atoms with E-state index in [1.165, 1.54) is 19.2 Å². The molecule has 0 saturated carbocycles. The minimum atomic E-state index is -4.71. The maximum absolute atomic E-state index is 13.6. The number of carbonyl (C=O) groups excluding carboxylic acids is 1. The number of carbonyl (C=O) groups is 1. The van der Waals surface area contributed by atoms with Crippen LogP contribution in [0.2, 0.25) is 5.02 Å². The van der Waals surface area contributed by atoms with Gasteiger partial charge in [0.05, 0.1) is 11.6 Å². The van der Waals surface area contributed by atoms with Crippen molar-refractivity contribution in [1.29, 1.82) is 0 Å². The molecule has 184 valence electrons. The number of hydrogen-bond donors (Lipinski definition) is 3. The topological polar surface area (TPSA) is 97.4 Å². The zero-order chi connectivity index (χ0) is 25.4. The molecule has 0 aliphatic heterocycles. The van der Waals surface area contributed by atoms with Gasteiger partial charge in [0.25, 0.3) is 0 Å². The molecule has 0 saturated heterocycles. The Bertz CT molecular complexity index is 1210. The number of rotatable bonds is 10. The van der Waals surface area contributed by atoms with Gasteiger partial charge >= 0.3 is 6.18 Å². The van der Waals surface area contributed by atoms with Crippen LogP contribution in [0.15, 0.2) is 61.3 Å². The Balaban J connectivity index is 1.87. The Hall–Kier alpha value is -3.83. The van der Waals surface area contributed by atoms with Gasteiger partial charge in [-0.3, -0.25) is 4.79 Å². The van der Waals surface area contributed by atoms with E-state index in [1.807, 2.05) is 0 Å². The fourth-order valence-electron chi connectivity index (χ4n) is 2.81. The molecule has 0 fully saturated rings. The van der Waals surface area contributed by atoms with Gasteiger partial charge < -0.3 is 25.4 Å². The van der Waals surface area contributed by atoms with Crippen molar-refractivity contribution in [1.82, 2.24) is 9.97 Å². The molecule has 2 aromatic carbocycles. The number of ether oxygens (including phenoxy) is 2. The number of hydrogen-bond acceptors (Lipinski definition) is 7. The first-order valence-electron chi connectivity index (χ1n) is 10.1. The molecule has 0 aliphatic carbocycles. The minimum absolute atomic E-state index is 0.0956. The monoisotopic (exact) mass is 507 g/mol. The van der Waals surface area contributed by atoms with E-state index in [2.05, 4.69) is 32.5 Å². The maximum atomic E-state index is 13.6. The molecule has 0 atom stereocenters. The fraction of sp³-hybridized carbons (Fsp3) is 0.174. The van der Waals surface area contributed by atoms with Crippen molar-refractivity contribution in [2.45, 2.75) is 6.18 Å². The number of methoxy groups -OCH3 is 1. The largest absolute Gasteiger partial charge is 0.490 e. The lowest BCUT2D eigenvalue weighted by Gasteiger charge is -2.16. The Morgan fingerprint density at radius 1 is 1.11 bits per heavy atom. The van der Waals surface area contributed by atoms with Crippen molar-refractivity contribution < 1.29 is 27.4 Å². The van der Waals surface area contributed by atoms with E-state index in [4.69, 9.17) is 21.1 Å². The van der Waals surface area contributed by atoms with Crippen molar-refractivity contribution in [3.63, 3.8) is 0 Å². The van der Waals surface area contributed by atoms with E-state index >= 15 is 0 Å². The van der Waals surface area contributed by atoms with Crippen LogP contribution >= 0.6 is 11.6 Å². The summed E-state index contributed by atoms with van der Waals surface area (Å²) >= 11 is 6.13. The standard InChI is InChI=1S/C23H21ClF3N5O3/c1-3-20(33)29-14-5-4-6-15(11-14)30-21-17(23(25,26)27)13-28-22(32-21)31-16-7-8-18(24)19(12-16)35-10-9-34-2/h3-8,11-13H,1,9-10H2,2H3,(H,29,33)(H2,28,30,31,32). The van der Waals surface area contributed by atoms with Crippen molar-refractivity contribution in [2.75, 3.05) is 36.3 Å². The van der Waals surface area contributed by atoms with E-state index in [0.717, 1.165) is 6.08 Å². The van der Waals surface area contributed by atoms with Crippen LogP contribution < -0.4 is 20.7 Å². The fourth-order valence-corrected chi connectivity index (χ4v) is 2.98. The van der Waals surface area contributed by atoms with Crippen molar-refractivity contribution >= 4 is 46.3 Å². The SMILES string of the molecule is C=CC(=O)Nc1cccc(Nc2nc(Nc3ccc(Cl)c(OCCOC)c3)ncc2C(F)(F)F)c1. The Kier molecular flexibility index (Phi) is 8.50. The van der Waals surface area contributed by atoms with Crippen LogP contribution in [-0.2, 0) is 15.7 Å². The maximum Gasteiger partial charge on any atom is 0.421 e. The molecule has 0 unspecified atom stereocenters. The summed E-state index contributed by atoms with van der Waals surface area (Å²) in [5.41, 5.74) is 0.00954. The molecular weight excluding hydrogens is 487 g/mol. The zero-order valence-electron chi connectivity index (χ0n) is 18.4. The average Bonchev–Trinajstić information content (AvgIpc) is 2.81. The first-order chi connectivity index (χ1) is 16.7. The van der Waals surface area contributed by atoms with Crippen molar-refractivity contribution in [2.24, 2.45) is 0 Å². The quantitative estimate of drug-likeness (QED) is 0.236. The number of amides is 1. The molecule has 0 bridgehead atoms. The summed E-state index contributed by atoms with van der Waals surface area (Å²) in [6.07, 6.45) is -2.96. The van der Waals surface area contributed by atoms with Crippen LogP contribution in [-0.4, -0.2) is 36.2 Å². The highest BCUT2D eigenvalue weighted by Crippen LogP contribution is 2.36. The third kappa shape index (κ3) is 7.33. The second-order valence-corrected chi connectivity index (χ2v) is 7.37. The predicted octanol–water partition coefficient (Wildman–Crippen LogP) is 5.79. The molecule has 8 nitrogen and oxygen atoms in total. The second kappa shape index (κ2) is 11.5. The summed E-state index contributed by atoms with van der Waals surface area (Å²) in [6, 6.07) is 10.9. The van der Waals surface area contributed by atoms with Gasteiger partial charge in [-0.1, -0.05) is 24.2 Å². The predicted molar refractivity (Wildman–Crippen MR) is 128 cm³/mol. The first kappa shape index (κ1) is 25.8. The molecular formula is C23H21ClF3N5O3. The molecule has 0 radical (unpaired) electrons. The van der Waals surface area contributed by atoms with Gasteiger partial charge in [-0.25, -0.2) is 4.98 Å². The summed E-state index contributed by atoms with van der Waals surface area (Å²) in [5, 5.41) is 8.38. The number of anilines is 5. The number of nitrogens with zero attached hydrogens (tertiary/aromatic N) is 2. The minimum Gasteiger partial charge on any atom is -0.490 e. The number of halogens is 4. The molecule has 1 amide bonds. The number of benzene rings is 2. The highest BCUT2D eigenvalue weighted by molar-refractivity contribution is 6.32. The summed E-state index contributed by atoms with van der Waals surface area (Å²) in [5.74, 6) is -0.674. The van der Waals surface area contributed by atoms with E-state index in [-0.39, 0.29) is 18.2 Å². The molecule has 12 heteroatoms. The van der Waals surface area contributed by atoms with Crippen LogP contribution in [0.4, 0.5) is 42.0 Å². The smallest absolute Gasteiger partial charge is 0.421 e. The van der Waals surface area contributed by atoms with Crippen molar-refractivity contribution in [3.05, 3.63) is 71.9 Å². The molecule has 1 aromatic heterocycles. The number of nitrogens with one attached hydrogen (secondary N) is 3. The molecule has 35 heavy (non-hydrogen) atoms. The molecule has 3 rings (SSSR count). The Labute approximate surface area is 204 Å². The normalized spacial score (nSPS) is 11.0. The average molecular weight is 508 g/mol. The van der Waals surface area contributed by atoms with Crippen LogP contribution in [0.5, 0.6) is 5.75 Å². The van der Waals surface area contributed by atoms with Gasteiger partial charge in [0, 0.05) is 36.4 Å². The molecule has 0 aliphatic rings. The van der Waals surface area contributed by atoms with E-state index < -0.39 is 23.5 Å². The zero-order valence-corrected chi connectivity index (χ0v) is 19.2. The number of aromatic nitrogens is 2. The highest BCUT2D eigenvalue weighted by Gasteiger charge is 2.35. The van der Waals surface area contributed by atoms with E-state index in [1.54, 1.807) is 30.3 Å². The van der Waals surface area contributed by atoms with Gasteiger partial charge in [-0.15, -0.1) is 0 Å². The van der Waals surface area contributed by atoms with Gasteiger partial charge in [-0.2, -0.15) is 18.2 Å². The van der Waals surface area contributed by atoms with E-state index in [9.17, 15) is 18.0 Å². The van der Waals surface area contributed by atoms with E-state index in [0.29, 0.717) is 35.0 Å². The van der Waals surface area contributed by atoms with Gasteiger partial charge in [-0.05, 0) is 36.4 Å². The molecule has 0 spiro atoms. The summed E-state index contributed by atoms with van der Waals surface area (Å²) in [7, 11) is 1.53. The van der Waals surface area contributed by atoms with Gasteiger partial charge in [0.2, 0.25) is 11.9 Å². The second-order valence-electron chi connectivity index (χ2n) is 6.96. The summed E-state index contributed by atoms with van der Waals surface area (Å²) < 4.78 is 51.3. The Morgan fingerprint density at radius 2 is 1.86 bits per heavy atom. The summed E-state index contributed by atoms with van der Waals surface area (Å²) in [4.78, 5) is 19.3. The molecule has 3 N–H and O–H groups in total. The van der Waals surface area contributed by atoms with Crippen molar-refractivity contribution in [3.8, 4) is 5.75 Å². The molecule has 3 aromatic rings. The van der Waals surface area contributed by atoms with Gasteiger partial charge in [0.1, 0.15) is 23.7 Å². The highest BCUT2D eigenvalue weighted by atomic mass is 35.5. The number of alkyl halides is 3.